The summed E-state index contributed by atoms with van der Waals surface area (Å²) in [5.74, 6) is 0.819. The van der Waals surface area contributed by atoms with Crippen LogP contribution in [0.3, 0.4) is 0 Å². The van der Waals surface area contributed by atoms with E-state index in [0.717, 1.165) is 0 Å². The normalized spacial score (nSPS) is 11.6. The van der Waals surface area contributed by atoms with Crippen LogP contribution in [0.1, 0.15) is 13.3 Å². The van der Waals surface area contributed by atoms with E-state index in [2.05, 4.69) is 0 Å². The second-order valence-electron chi connectivity index (χ2n) is 4.06. The maximum atomic E-state index is 12.0. The van der Waals surface area contributed by atoms with Crippen molar-refractivity contribution in [1.82, 2.24) is 0 Å². The monoisotopic (exact) mass is 256 g/mol. The lowest BCUT2D eigenvalue weighted by Crippen LogP contribution is -2.30. The van der Waals surface area contributed by atoms with Crippen LogP contribution in [0.2, 0.25) is 0 Å². The Labute approximate surface area is 112 Å². The number of benzene rings is 2. The zero-order valence-corrected chi connectivity index (χ0v) is 10.8. The molecule has 1 unspecified atom stereocenters. The van der Waals surface area contributed by atoms with Gasteiger partial charge in [0.1, 0.15) is 11.5 Å². The van der Waals surface area contributed by atoms with Gasteiger partial charge in [-0.1, -0.05) is 43.3 Å². The van der Waals surface area contributed by atoms with Gasteiger partial charge in [0.15, 0.2) is 6.10 Å². The average molecular weight is 256 g/mol. The van der Waals surface area contributed by atoms with Gasteiger partial charge in [0, 0.05) is 0 Å². The second kappa shape index (κ2) is 6.59. The van der Waals surface area contributed by atoms with Crippen LogP contribution in [0, 0.1) is 0 Å². The Morgan fingerprint density at radius 1 is 0.947 bits per heavy atom. The molecule has 0 fully saturated rings. The minimum atomic E-state index is -0.595. The molecule has 2 rings (SSSR count). The minimum absolute atomic E-state index is 0.377. The van der Waals surface area contributed by atoms with Gasteiger partial charge < -0.3 is 9.47 Å². The Hall–Kier alpha value is -2.29. The van der Waals surface area contributed by atoms with Crippen LogP contribution in [0.5, 0.6) is 11.5 Å². The molecule has 3 nitrogen and oxygen atoms in total. The molecule has 3 heteroatoms. The van der Waals surface area contributed by atoms with Gasteiger partial charge in [-0.15, -0.1) is 0 Å². The Bertz CT molecular complexity index is 508. The first-order valence-electron chi connectivity index (χ1n) is 6.28. The second-order valence-corrected chi connectivity index (χ2v) is 4.06. The molecule has 2 aromatic carbocycles. The number of hydrogen-bond donors (Lipinski definition) is 0. The fourth-order valence-corrected chi connectivity index (χ4v) is 1.63. The molecule has 0 heterocycles. The molecule has 0 saturated carbocycles. The smallest absolute Gasteiger partial charge is 0.352 e. The van der Waals surface area contributed by atoms with Crippen LogP contribution in [-0.2, 0) is 4.79 Å². The molecule has 19 heavy (non-hydrogen) atoms. The summed E-state index contributed by atoms with van der Waals surface area (Å²) >= 11 is 0. The van der Waals surface area contributed by atoms with E-state index in [0.29, 0.717) is 17.9 Å². The Balaban J connectivity index is 2.00. The maximum Gasteiger partial charge on any atom is 0.352 e. The zero-order valence-electron chi connectivity index (χ0n) is 10.8. The van der Waals surface area contributed by atoms with E-state index in [9.17, 15) is 4.79 Å². The molecular formula is C16H16O3. The van der Waals surface area contributed by atoms with Gasteiger partial charge in [-0.05, 0) is 30.7 Å². The van der Waals surface area contributed by atoms with Crippen molar-refractivity contribution in [3.63, 3.8) is 0 Å². The molecule has 2 aromatic rings. The van der Waals surface area contributed by atoms with E-state index in [1.807, 2.05) is 55.5 Å². The number of rotatable bonds is 5. The highest BCUT2D eigenvalue weighted by atomic mass is 16.6. The third kappa shape index (κ3) is 3.85. The lowest BCUT2D eigenvalue weighted by Gasteiger charge is -2.16. The molecule has 0 aromatic heterocycles. The molecule has 0 saturated heterocycles. The molecule has 0 aliphatic carbocycles. The quantitative estimate of drug-likeness (QED) is 0.607. The topological polar surface area (TPSA) is 35.5 Å². The molecule has 0 spiro atoms. The number of ether oxygens (including phenoxy) is 2. The average Bonchev–Trinajstić information content (AvgIpc) is 2.47. The van der Waals surface area contributed by atoms with Crippen LogP contribution in [0.4, 0.5) is 0 Å². The molecule has 0 aliphatic rings. The Kier molecular flexibility index (Phi) is 4.56. The van der Waals surface area contributed by atoms with E-state index in [-0.39, 0.29) is 5.97 Å². The van der Waals surface area contributed by atoms with E-state index >= 15 is 0 Å². The first-order valence-corrected chi connectivity index (χ1v) is 6.28. The van der Waals surface area contributed by atoms with Crippen molar-refractivity contribution in [2.45, 2.75) is 19.4 Å². The summed E-state index contributed by atoms with van der Waals surface area (Å²) in [5, 5.41) is 0. The third-order valence-electron chi connectivity index (χ3n) is 2.62. The lowest BCUT2D eigenvalue weighted by molar-refractivity contribution is -0.142. The van der Waals surface area contributed by atoms with Gasteiger partial charge in [0.2, 0.25) is 0 Å². The largest absolute Gasteiger partial charge is 0.479 e. The Morgan fingerprint density at radius 3 is 2.00 bits per heavy atom. The highest BCUT2D eigenvalue weighted by Gasteiger charge is 2.20. The van der Waals surface area contributed by atoms with E-state index < -0.39 is 6.10 Å². The van der Waals surface area contributed by atoms with Gasteiger partial charge in [0.05, 0.1) is 0 Å². The van der Waals surface area contributed by atoms with Gasteiger partial charge in [-0.25, -0.2) is 4.79 Å². The maximum absolute atomic E-state index is 12.0. The summed E-state index contributed by atoms with van der Waals surface area (Å²) in [5.41, 5.74) is 0. The van der Waals surface area contributed by atoms with Crippen LogP contribution < -0.4 is 9.47 Å². The lowest BCUT2D eigenvalue weighted by atomic mass is 10.2. The van der Waals surface area contributed by atoms with Crippen molar-refractivity contribution in [2.75, 3.05) is 0 Å². The number of esters is 1. The SMILES string of the molecule is CCC(Oc1ccccc1)C(=O)Oc1ccccc1. The van der Waals surface area contributed by atoms with E-state index in [4.69, 9.17) is 9.47 Å². The minimum Gasteiger partial charge on any atom is -0.479 e. The molecule has 0 N–H and O–H groups in total. The van der Waals surface area contributed by atoms with Crippen LogP contribution in [0.25, 0.3) is 0 Å². The predicted octanol–water partition coefficient (Wildman–Crippen LogP) is 3.45. The summed E-state index contributed by atoms with van der Waals surface area (Å²) in [4.78, 5) is 12.0. The molecule has 0 aliphatic heterocycles. The highest BCUT2D eigenvalue weighted by Crippen LogP contribution is 2.15. The van der Waals surface area contributed by atoms with Crippen LogP contribution in [-0.4, -0.2) is 12.1 Å². The first kappa shape index (κ1) is 13.1. The number of carbonyl (C=O) groups excluding carboxylic acids is 1. The number of carbonyl (C=O) groups is 1. The van der Waals surface area contributed by atoms with Crippen molar-refractivity contribution >= 4 is 5.97 Å². The van der Waals surface area contributed by atoms with Crippen LogP contribution >= 0.6 is 0 Å². The first-order chi connectivity index (χ1) is 9.29. The van der Waals surface area contributed by atoms with Gasteiger partial charge >= 0.3 is 5.97 Å². The summed E-state index contributed by atoms with van der Waals surface area (Å²) in [7, 11) is 0. The van der Waals surface area contributed by atoms with Crippen LogP contribution in [0.15, 0.2) is 60.7 Å². The van der Waals surface area contributed by atoms with Crippen molar-refractivity contribution in [1.29, 1.82) is 0 Å². The summed E-state index contributed by atoms with van der Waals surface area (Å²) in [6.45, 7) is 1.89. The number of para-hydroxylation sites is 2. The third-order valence-corrected chi connectivity index (χ3v) is 2.62. The van der Waals surface area contributed by atoms with Gasteiger partial charge in [-0.2, -0.15) is 0 Å². The van der Waals surface area contributed by atoms with E-state index in [1.165, 1.54) is 0 Å². The summed E-state index contributed by atoms with van der Waals surface area (Å²) < 4.78 is 10.9. The van der Waals surface area contributed by atoms with Gasteiger partial charge in [0.25, 0.3) is 0 Å². The predicted molar refractivity (Wildman–Crippen MR) is 73.2 cm³/mol. The molecular weight excluding hydrogens is 240 g/mol. The standard InChI is InChI=1S/C16H16O3/c1-2-15(18-13-9-5-3-6-10-13)16(17)19-14-11-7-4-8-12-14/h3-12,15H,2H2,1H3. The fourth-order valence-electron chi connectivity index (χ4n) is 1.63. The van der Waals surface area contributed by atoms with Crippen molar-refractivity contribution in [3.8, 4) is 11.5 Å². The highest BCUT2D eigenvalue weighted by molar-refractivity contribution is 5.77. The fraction of sp³-hybridized carbons (Fsp3) is 0.188. The summed E-state index contributed by atoms with van der Waals surface area (Å²) in [6, 6.07) is 18.3. The molecule has 0 radical (unpaired) electrons. The van der Waals surface area contributed by atoms with E-state index in [1.54, 1.807) is 12.1 Å². The van der Waals surface area contributed by atoms with Gasteiger partial charge in [-0.3, -0.25) is 0 Å². The Morgan fingerprint density at radius 2 is 1.47 bits per heavy atom. The van der Waals surface area contributed by atoms with Crippen molar-refractivity contribution in [3.05, 3.63) is 60.7 Å². The van der Waals surface area contributed by atoms with Crippen molar-refractivity contribution in [2.24, 2.45) is 0 Å². The summed E-state index contributed by atoms with van der Waals surface area (Å²) in [6.07, 6.45) is -0.0387. The van der Waals surface area contributed by atoms with Crippen molar-refractivity contribution < 1.29 is 14.3 Å². The zero-order chi connectivity index (χ0) is 13.5. The molecule has 0 bridgehead atoms. The molecule has 0 amide bonds. The molecule has 98 valence electrons. The molecule has 1 atom stereocenters. The number of hydrogen-bond acceptors (Lipinski definition) is 3.